The quantitative estimate of drug-likeness (QED) is 0.319. The molecular formula is C35H56O3. The first-order valence-electron chi connectivity index (χ1n) is 14.5. The summed E-state index contributed by atoms with van der Waals surface area (Å²) in [6, 6.07) is 9.35. The third-order valence-electron chi connectivity index (χ3n) is 8.30. The van der Waals surface area contributed by atoms with E-state index in [1.165, 1.54) is 27.8 Å². The Morgan fingerprint density at radius 3 is 1.63 bits per heavy atom. The molecule has 0 bridgehead atoms. The smallest absolute Gasteiger partial charge is 0.126 e. The van der Waals surface area contributed by atoms with E-state index >= 15 is 0 Å². The minimum atomic E-state index is -0.0128. The molecule has 0 aliphatic rings. The predicted molar refractivity (Wildman–Crippen MR) is 163 cm³/mol. The highest BCUT2D eigenvalue weighted by Crippen LogP contribution is 2.43. The molecule has 0 fully saturated rings. The molecule has 0 aliphatic heterocycles. The molecule has 2 rings (SSSR count). The van der Waals surface area contributed by atoms with Crippen molar-refractivity contribution >= 4 is 0 Å². The summed E-state index contributed by atoms with van der Waals surface area (Å²) in [6.45, 7) is 27.7. The lowest BCUT2D eigenvalue weighted by molar-refractivity contribution is 0.198. The average molecular weight is 525 g/mol. The Morgan fingerprint density at radius 2 is 1.18 bits per heavy atom. The number of ether oxygens (including phenoxy) is 2. The molecule has 0 aromatic heterocycles. The molecular weight excluding hydrogens is 468 g/mol. The first kappa shape index (κ1) is 32.2. The van der Waals surface area contributed by atoms with Gasteiger partial charge in [0.15, 0.2) is 0 Å². The summed E-state index contributed by atoms with van der Waals surface area (Å²) in [5, 5.41) is 9.68. The summed E-state index contributed by atoms with van der Waals surface area (Å²) < 4.78 is 12.5. The minimum Gasteiger partial charge on any atom is -0.496 e. The maximum atomic E-state index is 9.68. The van der Waals surface area contributed by atoms with Crippen LogP contribution in [0.5, 0.6) is 11.5 Å². The molecule has 0 heterocycles. The van der Waals surface area contributed by atoms with E-state index in [1.807, 2.05) is 0 Å². The second-order valence-corrected chi connectivity index (χ2v) is 14.5. The highest BCUT2D eigenvalue weighted by molar-refractivity contribution is 5.55. The molecule has 0 unspecified atom stereocenters. The Labute approximate surface area is 234 Å². The maximum Gasteiger partial charge on any atom is 0.126 e. The fraction of sp³-hybridized carbons (Fsp3) is 0.657. The molecule has 0 amide bonds. The lowest BCUT2D eigenvalue weighted by Crippen LogP contribution is -2.21. The summed E-state index contributed by atoms with van der Waals surface area (Å²) in [7, 11) is 1.80. The predicted octanol–water partition coefficient (Wildman–Crippen LogP) is 8.92. The van der Waals surface area contributed by atoms with Gasteiger partial charge in [0.1, 0.15) is 18.1 Å². The zero-order valence-corrected chi connectivity index (χ0v) is 26.8. The van der Waals surface area contributed by atoms with Gasteiger partial charge >= 0.3 is 0 Å². The van der Waals surface area contributed by atoms with Gasteiger partial charge in [-0.1, -0.05) is 114 Å². The van der Waals surface area contributed by atoms with Crippen molar-refractivity contribution in [2.75, 3.05) is 20.3 Å². The van der Waals surface area contributed by atoms with Crippen LogP contribution in [0.3, 0.4) is 0 Å². The third kappa shape index (κ3) is 7.78. The molecule has 2 aromatic carbocycles. The first-order chi connectivity index (χ1) is 17.4. The first-order valence-corrected chi connectivity index (χ1v) is 14.5. The van der Waals surface area contributed by atoms with Gasteiger partial charge in [0.25, 0.3) is 0 Å². The van der Waals surface area contributed by atoms with Crippen molar-refractivity contribution in [2.24, 2.45) is 5.41 Å². The Bertz CT molecular complexity index is 1080. The molecule has 0 radical (unpaired) electrons. The zero-order chi connectivity index (χ0) is 29.1. The Kier molecular flexibility index (Phi) is 10.2. The SMILES string of the molecule is CCC(C)(C)Cc1cc(C(C)(C)C)cc(Cc2cc(C(C)(C)C)cc(C(C)(C)CC)c2OC)c1OCCO. The fourth-order valence-corrected chi connectivity index (χ4v) is 4.82. The van der Waals surface area contributed by atoms with E-state index in [0.29, 0.717) is 6.42 Å². The van der Waals surface area contributed by atoms with Gasteiger partial charge < -0.3 is 14.6 Å². The summed E-state index contributed by atoms with van der Waals surface area (Å²) in [6.07, 6.45) is 3.74. The van der Waals surface area contributed by atoms with Crippen molar-refractivity contribution in [3.63, 3.8) is 0 Å². The zero-order valence-electron chi connectivity index (χ0n) is 26.8. The van der Waals surface area contributed by atoms with Crippen molar-refractivity contribution in [3.8, 4) is 11.5 Å². The van der Waals surface area contributed by atoms with Crippen molar-refractivity contribution in [3.05, 3.63) is 57.6 Å². The van der Waals surface area contributed by atoms with Crippen LogP contribution in [-0.2, 0) is 29.1 Å². The highest BCUT2D eigenvalue weighted by Gasteiger charge is 2.29. The lowest BCUT2D eigenvalue weighted by Gasteiger charge is -2.31. The van der Waals surface area contributed by atoms with Crippen LogP contribution in [-0.4, -0.2) is 25.4 Å². The van der Waals surface area contributed by atoms with Gasteiger partial charge in [0, 0.05) is 12.0 Å². The van der Waals surface area contributed by atoms with Crippen LogP contribution in [0.1, 0.15) is 129 Å². The maximum absolute atomic E-state index is 9.68. The highest BCUT2D eigenvalue weighted by atomic mass is 16.5. The number of aliphatic hydroxyl groups excluding tert-OH is 1. The summed E-state index contributed by atoms with van der Waals surface area (Å²) in [5.41, 5.74) is 7.63. The Morgan fingerprint density at radius 1 is 0.684 bits per heavy atom. The van der Waals surface area contributed by atoms with E-state index in [2.05, 4.69) is 107 Å². The molecule has 0 saturated heterocycles. The van der Waals surface area contributed by atoms with Gasteiger partial charge in [-0.25, -0.2) is 0 Å². The van der Waals surface area contributed by atoms with Crippen LogP contribution < -0.4 is 9.47 Å². The van der Waals surface area contributed by atoms with Gasteiger partial charge in [-0.15, -0.1) is 0 Å². The van der Waals surface area contributed by atoms with Crippen LogP contribution in [0.2, 0.25) is 0 Å². The van der Waals surface area contributed by atoms with E-state index < -0.39 is 0 Å². The number of benzene rings is 2. The number of aliphatic hydroxyl groups is 1. The van der Waals surface area contributed by atoms with Crippen LogP contribution in [0.25, 0.3) is 0 Å². The summed E-state index contributed by atoms with van der Waals surface area (Å²) in [5.74, 6) is 1.91. The molecule has 3 nitrogen and oxygen atoms in total. The standard InChI is InChI=1S/C35H56O3/c1-14-34(9,10)23-26-21-27(32(3,4)5)19-24(30(26)38-17-16-36)18-25-20-28(33(6,7)8)22-29(31(25)37-13)35(11,12)15-2/h19-22,36H,14-18,23H2,1-13H3. The molecule has 3 heteroatoms. The molecule has 38 heavy (non-hydrogen) atoms. The molecule has 0 spiro atoms. The molecule has 1 N–H and O–H groups in total. The van der Waals surface area contributed by atoms with E-state index in [0.717, 1.165) is 36.3 Å². The number of rotatable bonds is 11. The van der Waals surface area contributed by atoms with Crippen molar-refractivity contribution in [1.82, 2.24) is 0 Å². The van der Waals surface area contributed by atoms with E-state index in [9.17, 15) is 5.11 Å². The van der Waals surface area contributed by atoms with Gasteiger partial charge in [-0.2, -0.15) is 0 Å². The summed E-state index contributed by atoms with van der Waals surface area (Å²) >= 11 is 0. The van der Waals surface area contributed by atoms with Crippen LogP contribution in [0, 0.1) is 5.41 Å². The van der Waals surface area contributed by atoms with Gasteiger partial charge in [-0.05, 0) is 62.3 Å². The van der Waals surface area contributed by atoms with Crippen LogP contribution >= 0.6 is 0 Å². The molecule has 0 atom stereocenters. The Balaban J connectivity index is 2.90. The largest absolute Gasteiger partial charge is 0.496 e. The van der Waals surface area contributed by atoms with E-state index in [-0.39, 0.29) is 34.9 Å². The molecule has 2 aromatic rings. The monoisotopic (exact) mass is 524 g/mol. The van der Waals surface area contributed by atoms with Gasteiger partial charge in [0.2, 0.25) is 0 Å². The third-order valence-corrected chi connectivity index (χ3v) is 8.30. The molecule has 0 saturated carbocycles. The second-order valence-electron chi connectivity index (χ2n) is 14.5. The average Bonchev–Trinajstić information content (AvgIpc) is 2.81. The van der Waals surface area contributed by atoms with Crippen molar-refractivity contribution in [2.45, 2.75) is 125 Å². The molecule has 214 valence electrons. The van der Waals surface area contributed by atoms with Gasteiger partial charge in [-0.3, -0.25) is 0 Å². The van der Waals surface area contributed by atoms with E-state index in [4.69, 9.17) is 9.47 Å². The topological polar surface area (TPSA) is 38.7 Å². The number of hydrogen-bond acceptors (Lipinski definition) is 3. The van der Waals surface area contributed by atoms with E-state index in [1.54, 1.807) is 7.11 Å². The van der Waals surface area contributed by atoms with Crippen LogP contribution in [0.15, 0.2) is 24.3 Å². The number of methoxy groups -OCH3 is 1. The van der Waals surface area contributed by atoms with Crippen molar-refractivity contribution < 1.29 is 14.6 Å². The van der Waals surface area contributed by atoms with Crippen LogP contribution in [0.4, 0.5) is 0 Å². The minimum absolute atomic E-state index is 0.00206. The number of hydrogen-bond donors (Lipinski definition) is 1. The Hall–Kier alpha value is -2.00. The summed E-state index contributed by atoms with van der Waals surface area (Å²) in [4.78, 5) is 0. The normalized spacial score (nSPS) is 13.1. The molecule has 0 aliphatic carbocycles. The second kappa shape index (κ2) is 12.0. The lowest BCUT2D eigenvalue weighted by atomic mass is 9.75. The fourth-order valence-electron chi connectivity index (χ4n) is 4.82. The van der Waals surface area contributed by atoms with Crippen molar-refractivity contribution in [1.29, 1.82) is 0 Å². The van der Waals surface area contributed by atoms with Gasteiger partial charge in [0.05, 0.1) is 13.7 Å².